The van der Waals surface area contributed by atoms with Crippen LogP contribution in [0.1, 0.15) is 43.7 Å². The zero-order chi connectivity index (χ0) is 17.9. The molecule has 1 N–H and O–H groups in total. The Morgan fingerprint density at radius 2 is 1.84 bits per heavy atom. The fraction of sp³-hybridized carbons (Fsp3) is 0.650. The van der Waals surface area contributed by atoms with Crippen molar-refractivity contribution in [3.63, 3.8) is 0 Å². The third kappa shape index (κ3) is 4.40. The number of amides is 1. The van der Waals surface area contributed by atoms with Gasteiger partial charge in [-0.25, -0.2) is 0 Å². The molecule has 0 spiro atoms. The van der Waals surface area contributed by atoms with Crippen molar-refractivity contribution in [1.82, 2.24) is 9.80 Å². The molecule has 0 bridgehead atoms. The minimum Gasteiger partial charge on any atom is -0.379 e. The van der Waals surface area contributed by atoms with E-state index >= 15 is 0 Å². The summed E-state index contributed by atoms with van der Waals surface area (Å²) in [5, 5.41) is 11.0. The van der Waals surface area contributed by atoms with E-state index in [1.807, 2.05) is 4.90 Å². The normalized spacial score (nSPS) is 25.6. The summed E-state index contributed by atoms with van der Waals surface area (Å²) >= 11 is 0. The molecule has 0 aliphatic carbocycles. The highest BCUT2D eigenvalue weighted by molar-refractivity contribution is 5.86. The zero-order valence-corrected chi connectivity index (χ0v) is 15.4. The number of hydrogen-bond acceptors (Lipinski definition) is 4. The molecule has 0 saturated carbocycles. The van der Waals surface area contributed by atoms with E-state index in [0.29, 0.717) is 38.6 Å². The first-order valence-electron chi connectivity index (χ1n) is 9.39. The number of ether oxygens (including phenoxy) is 1. The number of carbonyl (C=O) groups is 1. The van der Waals surface area contributed by atoms with Gasteiger partial charge in [0.25, 0.3) is 5.91 Å². The summed E-state index contributed by atoms with van der Waals surface area (Å²) < 4.78 is 5.36. The smallest absolute Gasteiger partial charge is 0.256 e. The van der Waals surface area contributed by atoms with E-state index in [4.69, 9.17) is 4.74 Å². The Balaban J connectivity index is 1.64. The molecule has 5 heteroatoms. The maximum absolute atomic E-state index is 12.9. The lowest BCUT2D eigenvalue weighted by Gasteiger charge is -2.41. The third-order valence-electron chi connectivity index (χ3n) is 5.31. The van der Waals surface area contributed by atoms with Crippen LogP contribution in [0, 0.1) is 0 Å². The Labute approximate surface area is 150 Å². The summed E-state index contributed by atoms with van der Waals surface area (Å²) in [5.74, 6) is 0.377. The molecule has 1 amide bonds. The second-order valence-electron chi connectivity index (χ2n) is 7.65. The predicted octanol–water partition coefficient (Wildman–Crippen LogP) is 2.00. The van der Waals surface area contributed by atoms with E-state index in [1.165, 1.54) is 5.56 Å². The molecule has 1 aromatic carbocycles. The molecule has 25 heavy (non-hydrogen) atoms. The second kappa shape index (κ2) is 7.85. The lowest BCUT2D eigenvalue weighted by molar-refractivity contribution is -0.161. The molecule has 2 saturated heterocycles. The number of carbonyl (C=O) groups excluding carboxylic acids is 1. The molecule has 0 radical (unpaired) electrons. The molecule has 2 aliphatic heterocycles. The van der Waals surface area contributed by atoms with E-state index in [9.17, 15) is 9.90 Å². The van der Waals surface area contributed by atoms with Gasteiger partial charge >= 0.3 is 0 Å². The van der Waals surface area contributed by atoms with Crippen LogP contribution in [0.4, 0.5) is 0 Å². The van der Waals surface area contributed by atoms with Crippen molar-refractivity contribution < 1.29 is 14.6 Å². The van der Waals surface area contributed by atoms with Crippen LogP contribution in [0.3, 0.4) is 0 Å². The van der Waals surface area contributed by atoms with Gasteiger partial charge in [-0.3, -0.25) is 9.69 Å². The minimum absolute atomic E-state index is 0.127. The van der Waals surface area contributed by atoms with E-state index in [0.717, 1.165) is 31.6 Å². The SMILES string of the molecule is CC(C)c1ccc(CN2CCC[C@@](O)(CN3CCOCC3)C2=O)cc1. The topological polar surface area (TPSA) is 53.0 Å². The van der Waals surface area contributed by atoms with Crippen molar-refractivity contribution in [2.24, 2.45) is 0 Å². The van der Waals surface area contributed by atoms with Gasteiger partial charge in [-0.05, 0) is 29.9 Å². The molecule has 2 fully saturated rings. The van der Waals surface area contributed by atoms with Crippen molar-refractivity contribution in [2.45, 2.75) is 44.8 Å². The number of aliphatic hydroxyl groups is 1. The summed E-state index contributed by atoms with van der Waals surface area (Å²) in [7, 11) is 0. The molecule has 0 aromatic heterocycles. The Morgan fingerprint density at radius 1 is 1.16 bits per heavy atom. The summed E-state index contributed by atoms with van der Waals surface area (Å²) in [5.41, 5.74) is 1.17. The van der Waals surface area contributed by atoms with Crippen molar-refractivity contribution in [3.05, 3.63) is 35.4 Å². The fourth-order valence-corrected chi connectivity index (χ4v) is 3.72. The number of rotatable bonds is 5. The third-order valence-corrected chi connectivity index (χ3v) is 5.31. The van der Waals surface area contributed by atoms with Gasteiger partial charge in [-0.15, -0.1) is 0 Å². The van der Waals surface area contributed by atoms with Gasteiger partial charge in [0.05, 0.1) is 13.2 Å². The van der Waals surface area contributed by atoms with Crippen LogP contribution in [0.25, 0.3) is 0 Å². The van der Waals surface area contributed by atoms with Crippen molar-refractivity contribution in [1.29, 1.82) is 0 Å². The van der Waals surface area contributed by atoms with Crippen LogP contribution in [0.15, 0.2) is 24.3 Å². The van der Waals surface area contributed by atoms with Crippen LogP contribution in [-0.2, 0) is 16.1 Å². The molecular formula is C20H30N2O3. The van der Waals surface area contributed by atoms with Gasteiger partial charge in [-0.1, -0.05) is 38.1 Å². The molecule has 2 aliphatic rings. The molecule has 1 aromatic rings. The van der Waals surface area contributed by atoms with Crippen LogP contribution in [0.5, 0.6) is 0 Å². The first-order chi connectivity index (χ1) is 12.0. The number of likely N-dealkylation sites (tertiary alicyclic amines) is 1. The van der Waals surface area contributed by atoms with Gasteiger partial charge in [-0.2, -0.15) is 0 Å². The van der Waals surface area contributed by atoms with E-state index < -0.39 is 5.60 Å². The number of piperidine rings is 1. The Hall–Kier alpha value is -1.43. The predicted molar refractivity (Wildman–Crippen MR) is 97.4 cm³/mol. The average molecular weight is 346 g/mol. The number of benzene rings is 1. The van der Waals surface area contributed by atoms with Crippen molar-refractivity contribution in [3.8, 4) is 0 Å². The Kier molecular flexibility index (Phi) is 5.77. The number of β-amino-alcohol motifs (C(OH)–C–C–N with tert-alkyl or cyclic N) is 1. The summed E-state index contributed by atoms with van der Waals surface area (Å²) in [4.78, 5) is 16.9. The lowest BCUT2D eigenvalue weighted by Crippen LogP contribution is -2.59. The van der Waals surface area contributed by atoms with E-state index in [1.54, 1.807) is 0 Å². The summed E-state index contributed by atoms with van der Waals surface area (Å²) in [6.07, 6.45) is 1.39. The highest BCUT2D eigenvalue weighted by atomic mass is 16.5. The van der Waals surface area contributed by atoms with Crippen LogP contribution >= 0.6 is 0 Å². The monoisotopic (exact) mass is 346 g/mol. The first kappa shape index (κ1) is 18.4. The maximum atomic E-state index is 12.9. The van der Waals surface area contributed by atoms with Crippen molar-refractivity contribution in [2.75, 3.05) is 39.4 Å². The minimum atomic E-state index is -1.26. The van der Waals surface area contributed by atoms with Crippen LogP contribution in [0.2, 0.25) is 0 Å². The molecule has 0 unspecified atom stereocenters. The molecule has 1 atom stereocenters. The fourth-order valence-electron chi connectivity index (χ4n) is 3.72. The van der Waals surface area contributed by atoms with E-state index in [-0.39, 0.29) is 5.91 Å². The summed E-state index contributed by atoms with van der Waals surface area (Å²) in [6, 6.07) is 8.46. The van der Waals surface area contributed by atoms with Gasteiger partial charge in [0, 0.05) is 32.7 Å². The molecule has 2 heterocycles. The Morgan fingerprint density at radius 3 is 2.48 bits per heavy atom. The molecule has 138 valence electrons. The second-order valence-corrected chi connectivity index (χ2v) is 7.65. The average Bonchev–Trinajstić information content (AvgIpc) is 2.60. The van der Waals surface area contributed by atoms with Crippen molar-refractivity contribution >= 4 is 5.91 Å². The van der Waals surface area contributed by atoms with E-state index in [2.05, 4.69) is 43.0 Å². The molecular weight excluding hydrogens is 316 g/mol. The van der Waals surface area contributed by atoms with Crippen LogP contribution in [-0.4, -0.2) is 65.8 Å². The number of hydrogen-bond donors (Lipinski definition) is 1. The maximum Gasteiger partial charge on any atom is 0.256 e. The first-order valence-corrected chi connectivity index (χ1v) is 9.39. The van der Waals surface area contributed by atoms with Crippen LogP contribution < -0.4 is 0 Å². The zero-order valence-electron chi connectivity index (χ0n) is 15.4. The number of nitrogens with zero attached hydrogens (tertiary/aromatic N) is 2. The molecule has 5 nitrogen and oxygen atoms in total. The highest BCUT2D eigenvalue weighted by Crippen LogP contribution is 2.26. The number of morpholine rings is 1. The standard InChI is InChI=1S/C20H30N2O3/c1-16(2)18-6-4-17(5-7-18)14-22-9-3-8-20(24,19(22)23)15-21-10-12-25-13-11-21/h4-7,16,24H,3,8-15H2,1-2H3/t20-/m1/s1. The van der Waals surface area contributed by atoms with Gasteiger partial charge in [0.15, 0.2) is 5.60 Å². The quantitative estimate of drug-likeness (QED) is 0.886. The molecule has 3 rings (SSSR count). The summed E-state index contributed by atoms with van der Waals surface area (Å²) in [6.45, 7) is 8.98. The Bertz CT molecular complexity index is 581. The van der Waals surface area contributed by atoms with Gasteiger partial charge < -0.3 is 14.7 Å². The van der Waals surface area contributed by atoms with Gasteiger partial charge in [0.1, 0.15) is 0 Å². The largest absolute Gasteiger partial charge is 0.379 e. The highest BCUT2D eigenvalue weighted by Gasteiger charge is 2.43. The van der Waals surface area contributed by atoms with Gasteiger partial charge in [0.2, 0.25) is 0 Å². The lowest BCUT2D eigenvalue weighted by atomic mass is 9.90.